The molecular weight excluding hydrogens is 343 g/mol. The summed E-state index contributed by atoms with van der Waals surface area (Å²) in [6.07, 6.45) is 3.46. The van der Waals surface area contributed by atoms with Crippen LogP contribution in [0.15, 0.2) is 0 Å². The first-order valence-corrected chi connectivity index (χ1v) is 20.7. The van der Waals surface area contributed by atoms with E-state index in [1.165, 1.54) is 12.8 Å². The zero-order chi connectivity index (χ0) is 17.2. The Balaban J connectivity index is 3.08. The van der Waals surface area contributed by atoms with Gasteiger partial charge in [0.2, 0.25) is 0 Å². The molecule has 0 aliphatic carbocycles. The Morgan fingerprint density at radius 1 is 0.636 bits per heavy atom. The fraction of sp³-hybridized carbons (Fsp3) is 1.00. The first-order chi connectivity index (χ1) is 9.70. The van der Waals surface area contributed by atoms with Gasteiger partial charge in [-0.25, -0.2) is 0 Å². The zero-order valence-electron chi connectivity index (χ0n) is 16.2. The molecule has 0 unspecified atom stereocenters. The Morgan fingerprint density at radius 2 is 0.955 bits per heavy atom. The van der Waals surface area contributed by atoms with Gasteiger partial charge in [-0.2, -0.15) is 0 Å². The summed E-state index contributed by atoms with van der Waals surface area (Å²) in [6, 6.07) is 0. The molecule has 1 saturated heterocycles. The second kappa shape index (κ2) is 7.30. The van der Waals surface area contributed by atoms with E-state index in [4.69, 9.17) is 12.3 Å². The highest BCUT2D eigenvalue weighted by Crippen LogP contribution is 2.27. The van der Waals surface area contributed by atoms with E-state index in [2.05, 4.69) is 63.8 Å². The summed E-state index contributed by atoms with van der Waals surface area (Å²) in [5.41, 5.74) is 0. The fourth-order valence-corrected chi connectivity index (χ4v) is 17.2. The van der Waals surface area contributed by atoms with Gasteiger partial charge in [-0.1, -0.05) is 0 Å². The van der Waals surface area contributed by atoms with Gasteiger partial charge in [-0.3, -0.25) is 4.90 Å². The van der Waals surface area contributed by atoms with Gasteiger partial charge in [-0.05, 0) is 84.9 Å². The summed E-state index contributed by atoms with van der Waals surface area (Å²) in [5.74, 6) is 0. The molecular formula is C14H37NO3Si4. The van der Waals surface area contributed by atoms with E-state index in [0.717, 1.165) is 19.3 Å². The lowest BCUT2D eigenvalue weighted by molar-refractivity contribution is 0.216. The van der Waals surface area contributed by atoms with Gasteiger partial charge in [0.1, 0.15) is 0 Å². The molecule has 1 heterocycles. The van der Waals surface area contributed by atoms with Crippen molar-refractivity contribution in [2.75, 3.05) is 19.3 Å². The largest absolute Gasteiger partial charge is 0.484 e. The maximum Gasteiger partial charge on any atom is 0.484 e. The maximum atomic E-state index is 6.70. The summed E-state index contributed by atoms with van der Waals surface area (Å²) in [6.45, 7) is 22.6. The molecule has 0 N–H and O–H groups in total. The first-order valence-electron chi connectivity index (χ1n) is 8.53. The maximum absolute atomic E-state index is 6.70. The minimum absolute atomic E-state index is 0.881. The van der Waals surface area contributed by atoms with Crippen LogP contribution in [0.5, 0.6) is 0 Å². The topological polar surface area (TPSA) is 30.9 Å². The molecule has 1 aliphatic heterocycles. The van der Waals surface area contributed by atoms with E-state index in [-0.39, 0.29) is 0 Å². The number of nitrogens with zero attached hydrogens (tertiary/aromatic N) is 1. The van der Waals surface area contributed by atoms with Crippen molar-refractivity contribution in [2.24, 2.45) is 0 Å². The summed E-state index contributed by atoms with van der Waals surface area (Å²) < 4.78 is 20.1. The van der Waals surface area contributed by atoms with Crippen molar-refractivity contribution in [1.29, 1.82) is 0 Å². The highest BCUT2D eigenvalue weighted by Gasteiger charge is 2.51. The summed E-state index contributed by atoms with van der Waals surface area (Å²) in [4.78, 5) is 2.51. The van der Waals surface area contributed by atoms with E-state index in [1.807, 2.05) is 0 Å². The first kappa shape index (κ1) is 20.8. The van der Waals surface area contributed by atoms with Crippen LogP contribution >= 0.6 is 0 Å². The van der Waals surface area contributed by atoms with Gasteiger partial charge in [0, 0.05) is 0 Å². The molecule has 0 aromatic heterocycles. The number of rotatable bonds is 8. The van der Waals surface area contributed by atoms with Gasteiger partial charge in [0.15, 0.2) is 25.0 Å². The van der Waals surface area contributed by atoms with Crippen LogP contribution in [0.3, 0.4) is 0 Å². The monoisotopic (exact) mass is 379 g/mol. The molecule has 4 nitrogen and oxygen atoms in total. The smallest absolute Gasteiger partial charge is 0.416 e. The van der Waals surface area contributed by atoms with Crippen LogP contribution in [-0.2, 0) is 12.3 Å². The average molecular weight is 380 g/mol. The lowest BCUT2D eigenvalue weighted by Gasteiger charge is -2.44. The van der Waals surface area contributed by atoms with Crippen molar-refractivity contribution in [2.45, 2.75) is 71.8 Å². The Kier molecular flexibility index (Phi) is 6.89. The predicted molar refractivity (Wildman–Crippen MR) is 105 cm³/mol. The van der Waals surface area contributed by atoms with Crippen molar-refractivity contribution in [3.05, 3.63) is 0 Å². The van der Waals surface area contributed by atoms with Crippen molar-refractivity contribution < 1.29 is 12.3 Å². The van der Waals surface area contributed by atoms with E-state index < -0.39 is 33.8 Å². The van der Waals surface area contributed by atoms with Gasteiger partial charge in [0.25, 0.3) is 0 Å². The van der Waals surface area contributed by atoms with Crippen LogP contribution in [0.4, 0.5) is 0 Å². The molecule has 1 aliphatic rings. The lowest BCUT2D eigenvalue weighted by Crippen LogP contribution is -2.65. The van der Waals surface area contributed by atoms with Crippen LogP contribution in [-0.4, -0.2) is 57.9 Å². The van der Waals surface area contributed by atoms with Crippen molar-refractivity contribution >= 4 is 33.8 Å². The van der Waals surface area contributed by atoms with E-state index >= 15 is 0 Å². The quantitative estimate of drug-likeness (QED) is 0.594. The molecule has 132 valence electrons. The number of likely N-dealkylation sites (tertiary alicyclic amines) is 1. The Morgan fingerprint density at radius 3 is 1.23 bits per heavy atom. The molecule has 0 bridgehead atoms. The molecule has 0 saturated carbocycles. The van der Waals surface area contributed by atoms with Crippen molar-refractivity contribution in [3.8, 4) is 0 Å². The molecule has 22 heavy (non-hydrogen) atoms. The Labute approximate surface area is 142 Å². The van der Waals surface area contributed by atoms with Crippen molar-refractivity contribution in [1.82, 2.24) is 4.90 Å². The molecule has 0 aromatic carbocycles. The van der Waals surface area contributed by atoms with E-state index in [1.54, 1.807) is 0 Å². The standard InChI is InChI=1S/C14H37NO3Si4/c1-19(2,3)16-22(17-20(4,5)6,18-21(7,8)9)14-15-12-10-11-13-15/h10-14H2,1-9H3. The van der Waals surface area contributed by atoms with Crippen LogP contribution < -0.4 is 0 Å². The van der Waals surface area contributed by atoms with Crippen LogP contribution in [0.25, 0.3) is 0 Å². The van der Waals surface area contributed by atoms with E-state index in [9.17, 15) is 0 Å². The van der Waals surface area contributed by atoms with Crippen LogP contribution in [0.2, 0.25) is 58.9 Å². The second-order valence-electron chi connectivity index (χ2n) is 9.31. The van der Waals surface area contributed by atoms with Gasteiger partial charge >= 0.3 is 8.80 Å². The normalized spacial score (nSPS) is 19.0. The zero-order valence-corrected chi connectivity index (χ0v) is 20.2. The fourth-order valence-electron chi connectivity index (χ4n) is 2.77. The Hall–Kier alpha value is 0.708. The minimum Gasteiger partial charge on any atom is -0.416 e. The summed E-state index contributed by atoms with van der Waals surface area (Å²) >= 11 is 0. The van der Waals surface area contributed by atoms with Gasteiger partial charge in [-0.15, -0.1) is 0 Å². The highest BCUT2D eigenvalue weighted by atomic mass is 28.5. The van der Waals surface area contributed by atoms with Gasteiger partial charge in [0.05, 0.1) is 6.17 Å². The van der Waals surface area contributed by atoms with Crippen LogP contribution in [0, 0.1) is 0 Å². The third kappa shape index (κ3) is 8.53. The predicted octanol–water partition coefficient (Wildman–Crippen LogP) is 4.11. The molecule has 1 fully saturated rings. The molecule has 0 atom stereocenters. The van der Waals surface area contributed by atoms with Crippen LogP contribution in [0.1, 0.15) is 12.8 Å². The van der Waals surface area contributed by atoms with Gasteiger partial charge < -0.3 is 12.3 Å². The SMILES string of the molecule is C[Si](C)(C)O[Si](CN1CCCC1)(O[Si](C)(C)C)O[Si](C)(C)C. The Bertz CT molecular complexity index is 314. The highest BCUT2D eigenvalue weighted by molar-refractivity contribution is 6.90. The van der Waals surface area contributed by atoms with Crippen molar-refractivity contribution in [3.63, 3.8) is 0 Å². The molecule has 0 radical (unpaired) electrons. The molecule has 0 spiro atoms. The molecule has 0 amide bonds. The third-order valence-electron chi connectivity index (χ3n) is 3.00. The lowest BCUT2D eigenvalue weighted by atomic mass is 10.4. The number of hydrogen-bond donors (Lipinski definition) is 0. The summed E-state index contributed by atoms with van der Waals surface area (Å²) in [7, 11) is -7.86. The molecule has 8 heteroatoms. The average Bonchev–Trinajstić information content (AvgIpc) is 2.59. The molecule has 0 aromatic rings. The van der Waals surface area contributed by atoms with E-state index in [0.29, 0.717) is 0 Å². The summed E-state index contributed by atoms with van der Waals surface area (Å²) in [5, 5.41) is 0. The third-order valence-corrected chi connectivity index (χ3v) is 14.9. The number of hydrogen-bond acceptors (Lipinski definition) is 4. The second-order valence-corrected chi connectivity index (χ2v) is 26.1. The minimum atomic E-state index is -2.66. The molecule has 1 rings (SSSR count).